The molecule has 6 rings (SSSR count). The first kappa shape index (κ1) is 41.6. The number of hydrogen-bond acceptors (Lipinski definition) is 9. The lowest BCUT2D eigenvalue weighted by atomic mass is 9.76. The molecule has 2 heterocycles. The Kier molecular flexibility index (Phi) is 14.5. The van der Waals surface area contributed by atoms with E-state index in [9.17, 15) is 20.3 Å². The summed E-state index contributed by atoms with van der Waals surface area (Å²) < 4.78 is 19.9. The van der Waals surface area contributed by atoms with Crippen LogP contribution in [0.1, 0.15) is 72.0 Å². The average molecular weight is 791 g/mol. The number of rotatable bonds is 18. The molecule has 3 unspecified atom stereocenters. The number of likely N-dealkylation sites (tertiary alicyclic amines) is 1. The number of aliphatic hydroxyl groups is 1. The highest BCUT2D eigenvalue weighted by atomic mass is 35.5. The molecule has 0 spiro atoms. The first-order chi connectivity index (χ1) is 27.7. The number of nitrogens with zero attached hydrogens (tertiary/aromatic N) is 3. The Morgan fingerprint density at radius 3 is 2.67 bits per heavy atom. The van der Waals surface area contributed by atoms with Gasteiger partial charge in [0.15, 0.2) is 0 Å². The Morgan fingerprint density at radius 1 is 1.09 bits per heavy atom. The Morgan fingerprint density at radius 2 is 1.89 bits per heavy atom. The number of carboxylic acid groups (broad SMARTS) is 1. The molecule has 2 aliphatic rings. The van der Waals surface area contributed by atoms with Crippen LogP contribution >= 0.6 is 11.6 Å². The van der Waals surface area contributed by atoms with Gasteiger partial charge in [-0.3, -0.25) is 14.7 Å². The molecule has 1 saturated heterocycles. The average Bonchev–Trinajstić information content (AvgIpc) is 3.23. The van der Waals surface area contributed by atoms with E-state index in [1.807, 2.05) is 53.4 Å². The van der Waals surface area contributed by atoms with Gasteiger partial charge in [-0.15, -0.1) is 0 Å². The smallest absolute Gasteiger partial charge is 0.320 e. The van der Waals surface area contributed by atoms with Crippen LogP contribution in [-0.4, -0.2) is 70.6 Å². The zero-order chi connectivity index (χ0) is 40.2. The second-order valence-electron chi connectivity index (χ2n) is 14.8. The predicted octanol–water partition coefficient (Wildman–Crippen LogP) is 8.07. The minimum atomic E-state index is -0.864. The summed E-state index contributed by atoms with van der Waals surface area (Å²) in [5.41, 5.74) is 5.47. The predicted molar refractivity (Wildman–Crippen MR) is 221 cm³/mol. The summed E-state index contributed by atoms with van der Waals surface area (Å²) >= 11 is 7.00. The lowest BCUT2D eigenvalue weighted by molar-refractivity contribution is -0.144. The number of hydrogen-bond donors (Lipinski definition) is 3. The number of aliphatic hydroxyl groups excluding tert-OH is 1. The Bertz CT molecular complexity index is 2080. The van der Waals surface area contributed by atoms with Gasteiger partial charge in [0.05, 0.1) is 23.2 Å². The number of piperidine rings is 1. The molecule has 4 atom stereocenters. The lowest BCUT2D eigenvalue weighted by Gasteiger charge is -2.40. The topological polar surface area (TPSA) is 137 Å². The Labute approximate surface area is 340 Å². The van der Waals surface area contributed by atoms with E-state index in [4.69, 9.17) is 25.8 Å². The Hall–Kier alpha value is -5.02. The molecular weight excluding hydrogens is 740 g/mol. The fraction of sp³-hybridized carbons (Fsp3) is 0.370. The van der Waals surface area contributed by atoms with Crippen molar-refractivity contribution in [3.05, 3.63) is 142 Å². The molecule has 57 heavy (non-hydrogen) atoms. The summed E-state index contributed by atoms with van der Waals surface area (Å²) in [6.07, 6.45) is 12.4. The number of ether oxygens (including phenoxy) is 3. The van der Waals surface area contributed by atoms with E-state index < -0.39 is 17.6 Å². The van der Waals surface area contributed by atoms with E-state index in [0.717, 1.165) is 40.7 Å². The molecule has 0 bridgehead atoms. The summed E-state index contributed by atoms with van der Waals surface area (Å²) in [5, 5.41) is 33.3. The van der Waals surface area contributed by atoms with Crippen molar-refractivity contribution in [2.45, 2.75) is 70.4 Å². The minimum Gasteiger partial charge on any atom is -0.489 e. The summed E-state index contributed by atoms with van der Waals surface area (Å²) in [7, 11) is 0. The van der Waals surface area contributed by atoms with Gasteiger partial charge in [-0.2, -0.15) is 5.26 Å². The molecule has 3 aromatic carbocycles. The van der Waals surface area contributed by atoms with Gasteiger partial charge in [-0.25, -0.2) is 0 Å². The number of carboxylic acids is 1. The van der Waals surface area contributed by atoms with Crippen LogP contribution in [0.25, 0.3) is 5.57 Å². The molecule has 0 radical (unpaired) electrons. The fourth-order valence-corrected chi connectivity index (χ4v) is 7.90. The van der Waals surface area contributed by atoms with Gasteiger partial charge in [0, 0.05) is 48.7 Å². The highest BCUT2D eigenvalue weighted by Crippen LogP contribution is 2.42. The highest BCUT2D eigenvalue weighted by molar-refractivity contribution is 6.32. The van der Waals surface area contributed by atoms with Crippen molar-refractivity contribution in [2.75, 3.05) is 32.9 Å². The second-order valence-corrected chi connectivity index (χ2v) is 15.2. The summed E-state index contributed by atoms with van der Waals surface area (Å²) in [6, 6.07) is 24.8. The first-order valence-corrected chi connectivity index (χ1v) is 20.0. The normalized spacial score (nSPS) is 20.0. The van der Waals surface area contributed by atoms with Gasteiger partial charge in [0.25, 0.3) is 0 Å². The number of benzene rings is 3. The van der Waals surface area contributed by atoms with E-state index in [0.29, 0.717) is 66.7 Å². The van der Waals surface area contributed by atoms with Crippen LogP contribution in [0.2, 0.25) is 5.02 Å². The third-order valence-electron chi connectivity index (χ3n) is 10.9. The number of pyridine rings is 1. The van der Waals surface area contributed by atoms with E-state index >= 15 is 0 Å². The van der Waals surface area contributed by atoms with E-state index in [2.05, 4.69) is 54.5 Å². The third-order valence-corrected chi connectivity index (χ3v) is 11.2. The van der Waals surface area contributed by atoms with Crippen molar-refractivity contribution < 1.29 is 29.2 Å². The monoisotopic (exact) mass is 790 g/mol. The van der Waals surface area contributed by atoms with Crippen LogP contribution in [0.4, 0.5) is 0 Å². The quantitative estimate of drug-likeness (QED) is 0.0849. The maximum Gasteiger partial charge on any atom is 0.320 e. The van der Waals surface area contributed by atoms with Gasteiger partial charge >= 0.3 is 5.97 Å². The lowest BCUT2D eigenvalue weighted by Crippen LogP contribution is -2.45. The molecule has 3 N–H and O–H groups in total. The maximum atomic E-state index is 12.2. The molecule has 10 nitrogen and oxygen atoms in total. The van der Waals surface area contributed by atoms with Crippen molar-refractivity contribution in [3.63, 3.8) is 0 Å². The number of allylic oxidation sites excluding steroid dienone is 2. The zero-order valence-electron chi connectivity index (χ0n) is 32.6. The molecule has 1 aliphatic heterocycles. The number of aryl methyl sites for hydroxylation is 1. The molecule has 11 heteroatoms. The van der Waals surface area contributed by atoms with Crippen molar-refractivity contribution in [1.29, 1.82) is 5.26 Å². The molecule has 1 fully saturated rings. The fourth-order valence-electron chi connectivity index (χ4n) is 7.66. The molecule has 298 valence electrons. The van der Waals surface area contributed by atoms with Gasteiger partial charge in [0.2, 0.25) is 0 Å². The van der Waals surface area contributed by atoms with E-state index in [1.165, 1.54) is 6.20 Å². The number of nitriles is 1. The third kappa shape index (κ3) is 10.5. The molecule has 0 saturated carbocycles. The SMILES string of the molecule is Cc1ccccc1C1=CC=CC(COc2cc(OCc3cncc(C#N)c3)c(CN3CCCC[C@H]3C(=O)O)cc2Cl)(OCCCNC(CO)c2ccccc2)C1C. The number of aromatic nitrogens is 1. The number of nitrogens with one attached hydrogen (secondary N) is 1. The van der Waals surface area contributed by atoms with Crippen molar-refractivity contribution in [2.24, 2.45) is 5.92 Å². The molecule has 1 aliphatic carbocycles. The summed E-state index contributed by atoms with van der Waals surface area (Å²) in [5.74, 6) is -0.0515. The van der Waals surface area contributed by atoms with Crippen LogP contribution in [0.5, 0.6) is 11.5 Å². The minimum absolute atomic E-state index is 0.0143. The molecule has 0 amide bonds. The maximum absolute atomic E-state index is 12.2. The zero-order valence-corrected chi connectivity index (χ0v) is 33.3. The van der Waals surface area contributed by atoms with Crippen LogP contribution in [0, 0.1) is 24.2 Å². The van der Waals surface area contributed by atoms with Crippen molar-refractivity contribution >= 4 is 23.1 Å². The van der Waals surface area contributed by atoms with Gasteiger partial charge in [-0.05, 0) is 79.7 Å². The Balaban J connectivity index is 1.25. The highest BCUT2D eigenvalue weighted by Gasteiger charge is 2.40. The molecule has 1 aromatic heterocycles. The standard InChI is InChI=1S/C46H51ClN4O6/c1-32-12-6-7-15-38(32)39-16-10-18-46(33(39)2,57-21-11-19-50-41(29-52)36-13-4-3-5-14-36)31-56-44-24-43(55-30-35-22-34(25-48)26-49-27-35)37(23-40(44)47)28-51-20-9-8-17-42(51)45(53)54/h3-7,10,12-16,18,22-24,26-27,33,41-42,50,52H,8-9,11,17,19-21,28-31H2,1-2H3,(H,53,54)/t33?,41?,42-,46?/m0/s1. The van der Waals surface area contributed by atoms with Crippen molar-refractivity contribution in [1.82, 2.24) is 15.2 Å². The number of carbonyl (C=O) groups is 1. The van der Waals surface area contributed by atoms with E-state index in [-0.39, 0.29) is 31.8 Å². The van der Waals surface area contributed by atoms with Crippen LogP contribution in [0.15, 0.2) is 103 Å². The van der Waals surface area contributed by atoms with E-state index in [1.54, 1.807) is 24.4 Å². The number of halogens is 1. The van der Waals surface area contributed by atoms with Crippen LogP contribution in [0.3, 0.4) is 0 Å². The van der Waals surface area contributed by atoms with Gasteiger partial charge < -0.3 is 29.7 Å². The van der Waals surface area contributed by atoms with Crippen LogP contribution < -0.4 is 14.8 Å². The van der Waals surface area contributed by atoms with Gasteiger partial charge in [0.1, 0.15) is 42.4 Å². The molecule has 4 aromatic rings. The van der Waals surface area contributed by atoms with Gasteiger partial charge in [-0.1, -0.05) is 91.7 Å². The number of aliphatic carboxylic acids is 1. The summed E-state index contributed by atoms with van der Waals surface area (Å²) in [4.78, 5) is 18.3. The second kappa shape index (κ2) is 19.9. The van der Waals surface area contributed by atoms with Crippen molar-refractivity contribution in [3.8, 4) is 17.6 Å². The largest absolute Gasteiger partial charge is 0.489 e. The summed E-state index contributed by atoms with van der Waals surface area (Å²) in [6.45, 7) is 6.55. The molecular formula is C46H51ClN4O6. The van der Waals surface area contributed by atoms with Crippen LogP contribution in [-0.2, 0) is 22.7 Å². The first-order valence-electron chi connectivity index (χ1n) is 19.6.